The molecule has 1 aliphatic heterocycles. The molecule has 2 heterocycles. The number of anilines is 1. The van der Waals surface area contributed by atoms with Crippen molar-refractivity contribution in [1.29, 1.82) is 0 Å². The van der Waals surface area contributed by atoms with Gasteiger partial charge in [-0.05, 0) is 18.4 Å². The third kappa shape index (κ3) is 4.18. The number of nitrogens with one attached hydrogen (secondary N) is 1. The summed E-state index contributed by atoms with van der Waals surface area (Å²) in [4.78, 5) is 7.96. The summed E-state index contributed by atoms with van der Waals surface area (Å²) in [5, 5.41) is 3.36. The van der Waals surface area contributed by atoms with Gasteiger partial charge in [0.25, 0.3) is 0 Å². The van der Waals surface area contributed by atoms with Crippen molar-refractivity contribution < 1.29 is 4.74 Å². The van der Waals surface area contributed by atoms with Crippen LogP contribution in [0.4, 0.5) is 5.82 Å². The number of hydrogen-bond donors (Lipinski definition) is 1. The number of ether oxygens (including phenoxy) is 1. The molecule has 0 amide bonds. The van der Waals surface area contributed by atoms with Gasteiger partial charge in [0.1, 0.15) is 5.82 Å². The molecule has 0 spiro atoms. The first kappa shape index (κ1) is 12.7. The van der Waals surface area contributed by atoms with Crippen LogP contribution in [0.3, 0.4) is 0 Å². The lowest BCUT2D eigenvalue weighted by Gasteiger charge is -2.26. The second-order valence-corrected chi connectivity index (χ2v) is 4.84. The maximum atomic E-state index is 5.32. The minimum Gasteiger partial charge on any atom is -0.379 e. The SMILES string of the molecule is CSc1ccnc(NCCN2CCOCC2)c1. The van der Waals surface area contributed by atoms with Gasteiger partial charge in [-0.2, -0.15) is 0 Å². The number of morpholine rings is 1. The molecular formula is C12H19N3OS. The zero-order valence-electron chi connectivity index (χ0n) is 10.2. The van der Waals surface area contributed by atoms with Crippen LogP contribution in [0.15, 0.2) is 23.2 Å². The first-order valence-corrected chi connectivity index (χ1v) is 7.15. The number of rotatable bonds is 5. The van der Waals surface area contributed by atoms with E-state index in [0.29, 0.717) is 0 Å². The van der Waals surface area contributed by atoms with Crippen LogP contribution in [-0.2, 0) is 4.74 Å². The third-order valence-corrected chi connectivity index (χ3v) is 3.53. The molecule has 5 heteroatoms. The highest BCUT2D eigenvalue weighted by Crippen LogP contribution is 2.16. The lowest BCUT2D eigenvalue weighted by atomic mass is 10.4. The van der Waals surface area contributed by atoms with Gasteiger partial charge < -0.3 is 10.1 Å². The zero-order valence-corrected chi connectivity index (χ0v) is 11.0. The van der Waals surface area contributed by atoms with E-state index in [1.54, 1.807) is 11.8 Å². The lowest BCUT2D eigenvalue weighted by molar-refractivity contribution is 0.0398. The van der Waals surface area contributed by atoms with E-state index in [-0.39, 0.29) is 0 Å². The van der Waals surface area contributed by atoms with E-state index in [0.717, 1.165) is 45.2 Å². The largest absolute Gasteiger partial charge is 0.379 e. The van der Waals surface area contributed by atoms with Gasteiger partial charge in [0.2, 0.25) is 0 Å². The molecule has 1 aromatic rings. The average molecular weight is 253 g/mol. The van der Waals surface area contributed by atoms with Crippen molar-refractivity contribution in [2.75, 3.05) is 51.0 Å². The first-order valence-electron chi connectivity index (χ1n) is 5.92. The van der Waals surface area contributed by atoms with Gasteiger partial charge >= 0.3 is 0 Å². The highest BCUT2D eigenvalue weighted by molar-refractivity contribution is 7.98. The van der Waals surface area contributed by atoms with Gasteiger partial charge in [0.05, 0.1) is 13.2 Å². The molecule has 0 atom stereocenters. The Labute approximate surface area is 107 Å². The summed E-state index contributed by atoms with van der Waals surface area (Å²) in [5.41, 5.74) is 0. The Bertz CT molecular complexity index is 342. The van der Waals surface area contributed by atoms with Gasteiger partial charge in [-0.3, -0.25) is 4.90 Å². The molecule has 17 heavy (non-hydrogen) atoms. The van der Waals surface area contributed by atoms with Crippen LogP contribution >= 0.6 is 11.8 Å². The van der Waals surface area contributed by atoms with Crippen LogP contribution < -0.4 is 5.32 Å². The quantitative estimate of drug-likeness (QED) is 0.806. The Balaban J connectivity index is 1.73. The molecule has 0 radical (unpaired) electrons. The minimum atomic E-state index is 0.861. The molecule has 0 bridgehead atoms. The number of thioether (sulfide) groups is 1. The molecular weight excluding hydrogens is 234 g/mol. The molecule has 2 rings (SSSR count). The van der Waals surface area contributed by atoms with Crippen LogP contribution in [0.2, 0.25) is 0 Å². The Morgan fingerprint density at radius 2 is 2.29 bits per heavy atom. The number of hydrogen-bond acceptors (Lipinski definition) is 5. The summed E-state index contributed by atoms with van der Waals surface area (Å²) in [5.74, 6) is 0.963. The van der Waals surface area contributed by atoms with Gasteiger partial charge in [-0.25, -0.2) is 4.98 Å². The van der Waals surface area contributed by atoms with E-state index in [1.165, 1.54) is 4.90 Å². The fourth-order valence-electron chi connectivity index (χ4n) is 1.80. The fourth-order valence-corrected chi connectivity index (χ4v) is 2.23. The lowest BCUT2D eigenvalue weighted by Crippen LogP contribution is -2.39. The van der Waals surface area contributed by atoms with E-state index in [2.05, 4.69) is 27.5 Å². The standard InChI is InChI=1S/C12H19N3OS/c1-17-11-2-3-13-12(10-11)14-4-5-15-6-8-16-9-7-15/h2-3,10H,4-9H2,1H3,(H,13,14). The summed E-state index contributed by atoms with van der Waals surface area (Å²) >= 11 is 1.74. The molecule has 0 unspecified atom stereocenters. The van der Waals surface area contributed by atoms with Crippen molar-refractivity contribution in [2.45, 2.75) is 4.90 Å². The Morgan fingerprint density at radius 1 is 1.47 bits per heavy atom. The van der Waals surface area contributed by atoms with Crippen LogP contribution in [-0.4, -0.2) is 55.5 Å². The van der Waals surface area contributed by atoms with Crippen molar-refractivity contribution in [3.63, 3.8) is 0 Å². The second kappa shape index (κ2) is 6.83. The highest BCUT2D eigenvalue weighted by atomic mass is 32.2. The van der Waals surface area contributed by atoms with Crippen molar-refractivity contribution in [1.82, 2.24) is 9.88 Å². The van der Waals surface area contributed by atoms with Crippen LogP contribution in [0, 0.1) is 0 Å². The summed E-state index contributed by atoms with van der Waals surface area (Å²) in [6.45, 7) is 5.79. The smallest absolute Gasteiger partial charge is 0.127 e. The van der Waals surface area contributed by atoms with Crippen molar-refractivity contribution in [2.24, 2.45) is 0 Å². The summed E-state index contributed by atoms with van der Waals surface area (Å²) in [7, 11) is 0. The fraction of sp³-hybridized carbons (Fsp3) is 0.583. The van der Waals surface area contributed by atoms with E-state index < -0.39 is 0 Å². The van der Waals surface area contributed by atoms with E-state index >= 15 is 0 Å². The van der Waals surface area contributed by atoms with Crippen LogP contribution in [0.1, 0.15) is 0 Å². The van der Waals surface area contributed by atoms with Crippen molar-refractivity contribution >= 4 is 17.6 Å². The molecule has 1 aromatic heterocycles. The first-order chi connectivity index (χ1) is 8.38. The van der Waals surface area contributed by atoms with Crippen molar-refractivity contribution in [3.05, 3.63) is 18.3 Å². The summed E-state index contributed by atoms with van der Waals surface area (Å²) in [6, 6.07) is 4.11. The molecule has 1 fully saturated rings. The van der Waals surface area contributed by atoms with Gasteiger partial charge in [0.15, 0.2) is 0 Å². The monoisotopic (exact) mass is 253 g/mol. The molecule has 1 N–H and O–H groups in total. The van der Waals surface area contributed by atoms with Gasteiger partial charge in [-0.15, -0.1) is 11.8 Å². The van der Waals surface area contributed by atoms with Crippen molar-refractivity contribution in [3.8, 4) is 0 Å². The summed E-state index contributed by atoms with van der Waals surface area (Å²) in [6.07, 6.45) is 3.93. The molecule has 0 aliphatic carbocycles. The van der Waals surface area contributed by atoms with E-state index in [1.807, 2.05) is 12.3 Å². The highest BCUT2D eigenvalue weighted by Gasteiger charge is 2.09. The van der Waals surface area contributed by atoms with Gasteiger partial charge in [0, 0.05) is 37.3 Å². The maximum Gasteiger partial charge on any atom is 0.127 e. The Kier molecular flexibility index (Phi) is 5.09. The number of nitrogens with zero attached hydrogens (tertiary/aromatic N) is 2. The van der Waals surface area contributed by atoms with Crippen LogP contribution in [0.25, 0.3) is 0 Å². The number of aromatic nitrogens is 1. The van der Waals surface area contributed by atoms with Gasteiger partial charge in [-0.1, -0.05) is 0 Å². The Morgan fingerprint density at radius 3 is 3.06 bits per heavy atom. The Hall–Kier alpha value is -0.780. The number of pyridine rings is 1. The zero-order chi connectivity index (χ0) is 11.9. The maximum absolute atomic E-state index is 5.32. The topological polar surface area (TPSA) is 37.4 Å². The predicted molar refractivity (Wildman–Crippen MR) is 71.8 cm³/mol. The molecule has 1 aliphatic rings. The molecule has 1 saturated heterocycles. The average Bonchev–Trinajstić information content (AvgIpc) is 2.40. The van der Waals surface area contributed by atoms with E-state index in [4.69, 9.17) is 4.74 Å². The molecule has 0 saturated carbocycles. The predicted octanol–water partition coefficient (Wildman–Crippen LogP) is 1.55. The van der Waals surface area contributed by atoms with Crippen LogP contribution in [0.5, 0.6) is 0 Å². The second-order valence-electron chi connectivity index (χ2n) is 3.96. The minimum absolute atomic E-state index is 0.861. The van der Waals surface area contributed by atoms with E-state index in [9.17, 15) is 0 Å². The normalized spacial score (nSPS) is 17.0. The molecule has 4 nitrogen and oxygen atoms in total. The molecule has 94 valence electrons. The molecule has 0 aromatic carbocycles. The third-order valence-electron chi connectivity index (χ3n) is 2.80. The summed E-state index contributed by atoms with van der Waals surface area (Å²) < 4.78 is 5.32.